The molecule has 3 heterocycles. The summed E-state index contributed by atoms with van der Waals surface area (Å²) in [6.45, 7) is 3.23. The number of nitrogens with one attached hydrogen (secondary N) is 2. The van der Waals surface area contributed by atoms with Gasteiger partial charge in [0.25, 0.3) is 0 Å². The van der Waals surface area contributed by atoms with Gasteiger partial charge in [-0.1, -0.05) is 36.4 Å². The van der Waals surface area contributed by atoms with Crippen LogP contribution < -0.4 is 20.3 Å². The third-order valence-corrected chi connectivity index (χ3v) is 6.32. The first-order valence-corrected chi connectivity index (χ1v) is 11.6. The van der Waals surface area contributed by atoms with Gasteiger partial charge in [-0.2, -0.15) is 0 Å². The largest absolute Gasteiger partial charge is 0.473 e. The summed E-state index contributed by atoms with van der Waals surface area (Å²) < 4.78 is 5.97. The van der Waals surface area contributed by atoms with Gasteiger partial charge in [-0.3, -0.25) is 4.99 Å². The maximum Gasteiger partial charge on any atom is 0.218 e. The Balaban J connectivity index is 1.27. The molecule has 0 unspecified atom stereocenters. The number of aliphatic imine (C=N–C) groups is 1. The van der Waals surface area contributed by atoms with Crippen molar-refractivity contribution in [3.63, 3.8) is 0 Å². The highest BCUT2D eigenvalue weighted by atomic mass is 32.1. The first kappa shape index (κ1) is 21.2. The number of guanidine groups is 1. The zero-order valence-corrected chi connectivity index (χ0v) is 18.6. The van der Waals surface area contributed by atoms with Crippen molar-refractivity contribution in [2.45, 2.75) is 32.0 Å². The van der Waals surface area contributed by atoms with Crippen molar-refractivity contribution in [3.8, 4) is 5.88 Å². The Morgan fingerprint density at radius 2 is 1.97 bits per heavy atom. The van der Waals surface area contributed by atoms with Crippen molar-refractivity contribution in [1.82, 2.24) is 15.6 Å². The van der Waals surface area contributed by atoms with E-state index in [-0.39, 0.29) is 0 Å². The van der Waals surface area contributed by atoms with Gasteiger partial charge in [0.2, 0.25) is 5.88 Å². The van der Waals surface area contributed by atoms with E-state index in [9.17, 15) is 0 Å². The number of rotatable bonds is 7. The summed E-state index contributed by atoms with van der Waals surface area (Å²) in [6.07, 6.45) is 3.95. The number of hydrogen-bond donors (Lipinski definition) is 2. The van der Waals surface area contributed by atoms with Crippen LogP contribution in [0.25, 0.3) is 0 Å². The molecule has 162 valence electrons. The third-order valence-electron chi connectivity index (χ3n) is 5.39. The van der Waals surface area contributed by atoms with Crippen LogP contribution in [0.5, 0.6) is 5.88 Å². The van der Waals surface area contributed by atoms with Gasteiger partial charge in [0.1, 0.15) is 6.61 Å². The van der Waals surface area contributed by atoms with Crippen LogP contribution in [0.4, 0.5) is 5.00 Å². The molecule has 0 saturated carbocycles. The summed E-state index contributed by atoms with van der Waals surface area (Å²) in [5.74, 6) is 1.46. The van der Waals surface area contributed by atoms with Crippen molar-refractivity contribution in [2.75, 3.05) is 25.0 Å². The Bertz CT molecular complexity index is 953. The molecule has 1 fully saturated rings. The molecule has 1 aliphatic rings. The number of thiophene rings is 1. The number of nitrogens with zero attached hydrogens (tertiary/aromatic N) is 3. The number of pyridine rings is 1. The zero-order valence-electron chi connectivity index (χ0n) is 17.8. The zero-order chi connectivity index (χ0) is 21.3. The smallest absolute Gasteiger partial charge is 0.218 e. The fourth-order valence-electron chi connectivity index (χ4n) is 3.68. The molecule has 0 atom stereocenters. The van der Waals surface area contributed by atoms with E-state index >= 15 is 0 Å². The van der Waals surface area contributed by atoms with Gasteiger partial charge in [0.05, 0.1) is 5.00 Å². The molecule has 0 bridgehead atoms. The van der Waals surface area contributed by atoms with Crippen molar-refractivity contribution < 1.29 is 4.74 Å². The molecule has 3 aromatic rings. The fourth-order valence-corrected chi connectivity index (χ4v) is 4.46. The molecular formula is C24H29N5OS. The van der Waals surface area contributed by atoms with Crippen LogP contribution in [-0.2, 0) is 13.2 Å². The van der Waals surface area contributed by atoms with Gasteiger partial charge < -0.3 is 20.3 Å². The van der Waals surface area contributed by atoms with Gasteiger partial charge in [-0.05, 0) is 42.0 Å². The van der Waals surface area contributed by atoms with Crippen molar-refractivity contribution in [1.29, 1.82) is 0 Å². The summed E-state index contributed by atoms with van der Waals surface area (Å²) in [5, 5.41) is 10.5. The summed E-state index contributed by atoms with van der Waals surface area (Å²) in [7, 11) is 1.81. The van der Waals surface area contributed by atoms with Gasteiger partial charge in [-0.25, -0.2) is 4.98 Å². The van der Waals surface area contributed by atoms with E-state index in [4.69, 9.17) is 4.74 Å². The topological polar surface area (TPSA) is 61.8 Å². The third kappa shape index (κ3) is 5.98. The van der Waals surface area contributed by atoms with Gasteiger partial charge in [-0.15, -0.1) is 11.3 Å². The number of ether oxygens (including phenoxy) is 1. The van der Waals surface area contributed by atoms with Crippen LogP contribution in [0.15, 0.2) is 71.2 Å². The predicted molar refractivity (Wildman–Crippen MR) is 128 cm³/mol. The lowest BCUT2D eigenvalue weighted by Crippen LogP contribution is -2.48. The molecule has 1 aromatic carbocycles. The van der Waals surface area contributed by atoms with E-state index in [0.29, 0.717) is 25.1 Å². The first-order chi connectivity index (χ1) is 15.3. The van der Waals surface area contributed by atoms with Crippen LogP contribution in [0.3, 0.4) is 0 Å². The highest BCUT2D eigenvalue weighted by Crippen LogP contribution is 2.24. The average molecular weight is 436 g/mol. The molecule has 2 aromatic heterocycles. The lowest BCUT2D eigenvalue weighted by Gasteiger charge is -2.33. The summed E-state index contributed by atoms with van der Waals surface area (Å²) in [6, 6.07) is 18.8. The van der Waals surface area contributed by atoms with E-state index in [2.05, 4.69) is 55.2 Å². The minimum atomic E-state index is 0.421. The summed E-state index contributed by atoms with van der Waals surface area (Å²) in [4.78, 5) is 11.3. The number of aromatic nitrogens is 1. The Morgan fingerprint density at radius 3 is 2.71 bits per heavy atom. The Kier molecular flexibility index (Phi) is 7.39. The van der Waals surface area contributed by atoms with Crippen LogP contribution in [0.2, 0.25) is 0 Å². The van der Waals surface area contributed by atoms with Crippen LogP contribution >= 0.6 is 11.3 Å². The minimum absolute atomic E-state index is 0.421. The highest BCUT2D eigenvalue weighted by Gasteiger charge is 2.20. The second-order valence-corrected chi connectivity index (χ2v) is 8.45. The monoisotopic (exact) mass is 435 g/mol. The Hall–Kier alpha value is -3.06. The van der Waals surface area contributed by atoms with Crippen LogP contribution in [0.1, 0.15) is 24.0 Å². The van der Waals surface area contributed by atoms with Crippen LogP contribution in [-0.4, -0.2) is 37.1 Å². The molecule has 0 radical (unpaired) electrons. The van der Waals surface area contributed by atoms with Gasteiger partial charge in [0, 0.05) is 44.5 Å². The van der Waals surface area contributed by atoms with Crippen molar-refractivity contribution in [2.24, 2.45) is 4.99 Å². The SMILES string of the molecule is CN=C(NCc1cccnc1OCc1ccccc1)NC1CCN(c2cccs2)CC1. The fraction of sp³-hybridized carbons (Fsp3) is 0.333. The second kappa shape index (κ2) is 10.8. The van der Waals surface area contributed by atoms with E-state index < -0.39 is 0 Å². The molecule has 0 aliphatic carbocycles. The first-order valence-electron chi connectivity index (χ1n) is 10.7. The Morgan fingerprint density at radius 1 is 1.13 bits per heavy atom. The standard InChI is InChI=1S/C24H29N5OS/c1-25-24(28-21-11-14-29(15-12-21)22-10-6-16-31-22)27-17-20-9-5-13-26-23(20)30-18-19-7-3-2-4-8-19/h2-10,13,16,21H,11-12,14-15,17-18H2,1H3,(H2,25,27,28). The molecule has 1 aliphatic heterocycles. The minimum Gasteiger partial charge on any atom is -0.473 e. The van der Waals surface area contributed by atoms with E-state index in [1.54, 1.807) is 6.20 Å². The van der Waals surface area contributed by atoms with E-state index in [0.717, 1.165) is 43.0 Å². The molecule has 4 rings (SSSR count). The average Bonchev–Trinajstić information content (AvgIpc) is 3.37. The number of hydrogen-bond acceptors (Lipinski definition) is 5. The van der Waals surface area contributed by atoms with Gasteiger partial charge >= 0.3 is 0 Å². The molecular weight excluding hydrogens is 406 g/mol. The van der Waals surface area contributed by atoms with Gasteiger partial charge in [0.15, 0.2) is 5.96 Å². The molecule has 0 spiro atoms. The molecule has 6 nitrogen and oxygen atoms in total. The molecule has 7 heteroatoms. The maximum absolute atomic E-state index is 5.97. The van der Waals surface area contributed by atoms with Crippen molar-refractivity contribution in [3.05, 3.63) is 77.3 Å². The number of benzene rings is 1. The molecule has 1 saturated heterocycles. The summed E-state index contributed by atoms with van der Waals surface area (Å²) >= 11 is 1.81. The maximum atomic E-state index is 5.97. The second-order valence-electron chi connectivity index (χ2n) is 7.52. The predicted octanol–water partition coefficient (Wildman–Crippen LogP) is 4.06. The normalized spacial score (nSPS) is 15.0. The summed E-state index contributed by atoms with van der Waals surface area (Å²) in [5.41, 5.74) is 2.13. The lowest BCUT2D eigenvalue weighted by molar-refractivity contribution is 0.290. The molecule has 0 amide bonds. The van der Waals surface area contributed by atoms with E-state index in [1.165, 1.54) is 5.00 Å². The highest BCUT2D eigenvalue weighted by molar-refractivity contribution is 7.14. The lowest BCUT2D eigenvalue weighted by atomic mass is 10.1. The Labute approximate surface area is 188 Å². The molecule has 2 N–H and O–H groups in total. The van der Waals surface area contributed by atoms with Crippen molar-refractivity contribution >= 4 is 22.3 Å². The number of piperidine rings is 1. The van der Waals surface area contributed by atoms with E-state index in [1.807, 2.05) is 48.7 Å². The quantitative estimate of drug-likeness (QED) is 0.433. The number of anilines is 1. The molecule has 31 heavy (non-hydrogen) atoms. The van der Waals surface area contributed by atoms with Crippen LogP contribution in [0, 0.1) is 0 Å².